The van der Waals surface area contributed by atoms with Crippen LogP contribution in [0.15, 0.2) is 212 Å². The molecule has 0 aliphatic heterocycles. The summed E-state index contributed by atoms with van der Waals surface area (Å²) < 4.78 is 0. The number of rotatable bonds is 5. The highest BCUT2D eigenvalue weighted by atomic mass is 15.1. The molecule has 0 saturated heterocycles. The zero-order valence-corrected chi connectivity index (χ0v) is 33.2. The van der Waals surface area contributed by atoms with Crippen LogP contribution in [0.25, 0.3) is 55.6 Å². The van der Waals surface area contributed by atoms with Crippen molar-refractivity contribution in [1.29, 1.82) is 0 Å². The van der Waals surface area contributed by atoms with E-state index >= 15 is 0 Å². The molecule has 3 aliphatic carbocycles. The predicted molar refractivity (Wildman–Crippen MR) is 246 cm³/mol. The smallest absolute Gasteiger partial charge is 0.0726 e. The topological polar surface area (TPSA) is 3.24 Å². The number of hydrogen-bond acceptors (Lipinski definition) is 1. The van der Waals surface area contributed by atoms with E-state index in [0.717, 1.165) is 17.1 Å². The Labute approximate surface area is 346 Å². The van der Waals surface area contributed by atoms with Gasteiger partial charge in [-0.05, 0) is 125 Å². The van der Waals surface area contributed by atoms with Gasteiger partial charge in [0.15, 0.2) is 0 Å². The van der Waals surface area contributed by atoms with E-state index in [1.807, 2.05) is 0 Å². The van der Waals surface area contributed by atoms with Crippen LogP contribution < -0.4 is 4.90 Å². The van der Waals surface area contributed by atoms with E-state index in [2.05, 4.69) is 231 Å². The van der Waals surface area contributed by atoms with Gasteiger partial charge in [0.2, 0.25) is 0 Å². The summed E-state index contributed by atoms with van der Waals surface area (Å²) in [5.41, 5.74) is 23.7. The fraction of sp³-hybridized carbons (Fsp3) is 0.0690. The molecule has 0 bridgehead atoms. The average molecular weight is 752 g/mol. The molecule has 0 fully saturated rings. The van der Waals surface area contributed by atoms with Gasteiger partial charge in [0.25, 0.3) is 0 Å². The fourth-order valence-electron chi connectivity index (χ4n) is 11.0. The lowest BCUT2D eigenvalue weighted by atomic mass is 9.70. The first-order valence-electron chi connectivity index (χ1n) is 20.8. The molecule has 0 saturated carbocycles. The van der Waals surface area contributed by atoms with Gasteiger partial charge in [0, 0.05) is 22.5 Å². The van der Waals surface area contributed by atoms with Crippen LogP contribution in [-0.4, -0.2) is 0 Å². The first kappa shape index (κ1) is 33.9. The molecule has 0 unspecified atom stereocenters. The number of anilines is 3. The van der Waals surface area contributed by atoms with E-state index in [-0.39, 0.29) is 5.41 Å². The molecule has 9 aromatic carbocycles. The third kappa shape index (κ3) is 4.73. The van der Waals surface area contributed by atoms with Crippen LogP contribution in [0.5, 0.6) is 0 Å². The van der Waals surface area contributed by atoms with Crippen molar-refractivity contribution in [3.8, 4) is 55.6 Å². The number of benzene rings is 9. The molecule has 1 heteroatoms. The second kappa shape index (κ2) is 12.6. The number of fused-ring (bicyclic) bond motifs is 13. The summed E-state index contributed by atoms with van der Waals surface area (Å²) in [5.74, 6) is 0. The quantitative estimate of drug-likeness (QED) is 0.169. The largest absolute Gasteiger partial charge is 0.310 e. The monoisotopic (exact) mass is 751 g/mol. The minimum absolute atomic E-state index is 0.160. The minimum Gasteiger partial charge on any atom is -0.310 e. The van der Waals surface area contributed by atoms with Gasteiger partial charge in [-0.3, -0.25) is 0 Å². The summed E-state index contributed by atoms with van der Waals surface area (Å²) >= 11 is 0. The third-order valence-electron chi connectivity index (χ3n) is 13.5. The molecule has 0 atom stereocenters. The van der Waals surface area contributed by atoms with Crippen molar-refractivity contribution in [3.05, 3.63) is 246 Å². The van der Waals surface area contributed by atoms with Crippen molar-refractivity contribution in [2.75, 3.05) is 4.90 Å². The van der Waals surface area contributed by atoms with E-state index in [9.17, 15) is 0 Å². The zero-order chi connectivity index (χ0) is 39.3. The van der Waals surface area contributed by atoms with Crippen LogP contribution in [-0.2, 0) is 10.8 Å². The number of nitrogens with zero attached hydrogens (tertiary/aromatic N) is 1. The highest BCUT2D eigenvalue weighted by Crippen LogP contribution is 2.63. The maximum absolute atomic E-state index is 2.51. The van der Waals surface area contributed by atoms with E-state index in [1.54, 1.807) is 0 Å². The molecule has 0 radical (unpaired) electrons. The van der Waals surface area contributed by atoms with Crippen LogP contribution in [0.2, 0.25) is 0 Å². The fourth-order valence-corrected chi connectivity index (χ4v) is 11.0. The Morgan fingerprint density at radius 1 is 0.288 bits per heavy atom. The van der Waals surface area contributed by atoms with Crippen LogP contribution in [0.4, 0.5) is 17.1 Å². The Morgan fingerprint density at radius 3 is 1.29 bits per heavy atom. The van der Waals surface area contributed by atoms with Gasteiger partial charge in [0.1, 0.15) is 0 Å². The highest BCUT2D eigenvalue weighted by Gasteiger charge is 2.51. The van der Waals surface area contributed by atoms with Crippen LogP contribution in [0.1, 0.15) is 47.2 Å². The molecule has 3 aliphatic rings. The van der Waals surface area contributed by atoms with Gasteiger partial charge in [-0.25, -0.2) is 0 Å². The van der Waals surface area contributed by atoms with Crippen LogP contribution in [0.3, 0.4) is 0 Å². The van der Waals surface area contributed by atoms with Gasteiger partial charge < -0.3 is 4.90 Å². The number of hydrogen-bond donors (Lipinski definition) is 0. The maximum Gasteiger partial charge on any atom is 0.0726 e. The summed E-state index contributed by atoms with van der Waals surface area (Å²) in [6.07, 6.45) is 0. The Balaban J connectivity index is 1.14. The summed E-state index contributed by atoms with van der Waals surface area (Å²) in [5, 5.41) is 0. The Bertz CT molecular complexity index is 3050. The van der Waals surface area contributed by atoms with Crippen molar-refractivity contribution in [2.24, 2.45) is 0 Å². The molecule has 12 rings (SSSR count). The zero-order valence-electron chi connectivity index (χ0n) is 33.2. The van der Waals surface area contributed by atoms with Crippen molar-refractivity contribution < 1.29 is 0 Å². The summed E-state index contributed by atoms with van der Waals surface area (Å²) in [7, 11) is 0. The first-order valence-corrected chi connectivity index (χ1v) is 20.8. The third-order valence-corrected chi connectivity index (χ3v) is 13.5. The maximum atomic E-state index is 2.51. The molecule has 0 aromatic heterocycles. The summed E-state index contributed by atoms with van der Waals surface area (Å²) in [6.45, 7) is 4.78. The lowest BCUT2D eigenvalue weighted by Crippen LogP contribution is -2.26. The van der Waals surface area contributed by atoms with Crippen LogP contribution >= 0.6 is 0 Å². The second-order valence-electron chi connectivity index (χ2n) is 16.8. The molecule has 0 N–H and O–H groups in total. The highest BCUT2D eigenvalue weighted by molar-refractivity contribution is 5.98. The summed E-state index contributed by atoms with van der Waals surface area (Å²) in [4.78, 5) is 2.50. The van der Waals surface area contributed by atoms with E-state index in [1.165, 1.54) is 89.0 Å². The Morgan fingerprint density at radius 2 is 0.712 bits per heavy atom. The van der Waals surface area contributed by atoms with E-state index in [4.69, 9.17) is 0 Å². The van der Waals surface area contributed by atoms with E-state index < -0.39 is 5.41 Å². The molecule has 59 heavy (non-hydrogen) atoms. The van der Waals surface area contributed by atoms with Gasteiger partial charge >= 0.3 is 0 Å². The molecule has 9 aromatic rings. The molecule has 1 spiro atoms. The average Bonchev–Trinajstić information content (AvgIpc) is 3.85. The molecule has 278 valence electrons. The lowest BCUT2D eigenvalue weighted by Gasteiger charge is -2.33. The van der Waals surface area contributed by atoms with Crippen molar-refractivity contribution in [2.45, 2.75) is 24.7 Å². The molecular formula is C58H41N. The standard InChI is InChI=1S/C58H41N/c1-57(2)51-25-13-9-24-47(51)50-36-43(35-49(56(50)57)40-19-7-4-8-20-40)59(41-31-29-39(30-32-41)38-17-5-3-6-18-38)42-33-34-48-46-23-12-16-28-54(46)58(55(48)37-42)52-26-14-10-21-44(52)45-22-11-15-27-53(45)58/h3-37H,1-2H3. The first-order chi connectivity index (χ1) is 29.0. The van der Waals surface area contributed by atoms with Gasteiger partial charge in [0.05, 0.1) is 5.41 Å². The molecular weight excluding hydrogens is 711 g/mol. The van der Waals surface area contributed by atoms with Gasteiger partial charge in [-0.15, -0.1) is 0 Å². The van der Waals surface area contributed by atoms with Crippen LogP contribution in [0, 0.1) is 0 Å². The van der Waals surface area contributed by atoms with Crippen molar-refractivity contribution >= 4 is 17.1 Å². The van der Waals surface area contributed by atoms with Gasteiger partial charge in [-0.1, -0.05) is 190 Å². The Kier molecular flexibility index (Phi) is 7.26. The molecule has 0 heterocycles. The normalized spacial score (nSPS) is 14.2. The second-order valence-corrected chi connectivity index (χ2v) is 16.8. The van der Waals surface area contributed by atoms with Gasteiger partial charge in [-0.2, -0.15) is 0 Å². The Hall–Kier alpha value is -7.22. The molecule has 0 amide bonds. The molecule has 1 nitrogen and oxygen atoms in total. The van der Waals surface area contributed by atoms with Crippen molar-refractivity contribution in [3.63, 3.8) is 0 Å². The predicted octanol–water partition coefficient (Wildman–Crippen LogP) is 15.1. The minimum atomic E-state index is -0.436. The van der Waals surface area contributed by atoms with Crippen molar-refractivity contribution in [1.82, 2.24) is 0 Å². The SMILES string of the molecule is CC1(C)c2ccccc2-c2cc(N(c3ccc(-c4ccccc4)cc3)c3ccc4c(c3)C3(c5ccccc5-c5ccccc53)c3ccccc3-4)cc(-c3ccccc3)c21. The lowest BCUT2D eigenvalue weighted by molar-refractivity contribution is 0.662. The summed E-state index contributed by atoms with van der Waals surface area (Å²) in [6, 6.07) is 79.2. The van der Waals surface area contributed by atoms with E-state index in [0.29, 0.717) is 0 Å².